The van der Waals surface area contributed by atoms with Gasteiger partial charge in [-0.1, -0.05) is 42.8 Å². The maximum atomic E-state index is 13.4. The molecule has 1 N–H and O–H groups in total. The van der Waals surface area contributed by atoms with Gasteiger partial charge in [0.15, 0.2) is 0 Å². The maximum Gasteiger partial charge on any atom is 0.223 e. The van der Waals surface area contributed by atoms with Gasteiger partial charge in [0.2, 0.25) is 5.91 Å². The minimum Gasteiger partial charge on any atom is -0.334 e. The Morgan fingerprint density at radius 2 is 2.00 bits per heavy atom. The summed E-state index contributed by atoms with van der Waals surface area (Å²) in [6.07, 6.45) is 6.54. The SMILES string of the molecule is CCC(CC(=O)N(Cc1ccccn1)C1CCCNCC1)c1ccc(C)cc1. The summed E-state index contributed by atoms with van der Waals surface area (Å²) in [6.45, 7) is 6.91. The monoisotopic (exact) mass is 379 g/mol. The molecule has 0 radical (unpaired) electrons. The Labute approximate surface area is 169 Å². The highest BCUT2D eigenvalue weighted by molar-refractivity contribution is 5.77. The zero-order valence-electron chi connectivity index (χ0n) is 17.2. The molecule has 1 amide bonds. The second-order valence-electron chi connectivity index (χ2n) is 7.90. The Bertz CT molecular complexity index is 721. The van der Waals surface area contributed by atoms with Crippen LogP contribution in [0.4, 0.5) is 0 Å². The number of pyridine rings is 1. The van der Waals surface area contributed by atoms with Crippen LogP contribution in [-0.2, 0) is 11.3 Å². The fourth-order valence-electron chi connectivity index (χ4n) is 4.06. The first-order valence-corrected chi connectivity index (χ1v) is 10.6. The molecule has 4 heteroatoms. The number of rotatable bonds is 7. The molecule has 2 unspecified atom stereocenters. The van der Waals surface area contributed by atoms with E-state index in [9.17, 15) is 4.79 Å². The van der Waals surface area contributed by atoms with Crippen molar-refractivity contribution in [1.29, 1.82) is 0 Å². The number of aromatic nitrogens is 1. The Kier molecular flexibility index (Phi) is 7.61. The number of nitrogens with one attached hydrogen (secondary N) is 1. The molecule has 1 saturated heterocycles. The molecule has 28 heavy (non-hydrogen) atoms. The summed E-state index contributed by atoms with van der Waals surface area (Å²) in [7, 11) is 0. The molecule has 150 valence electrons. The molecule has 2 aromatic rings. The molecular weight excluding hydrogens is 346 g/mol. The average molecular weight is 380 g/mol. The molecule has 4 nitrogen and oxygen atoms in total. The van der Waals surface area contributed by atoms with Gasteiger partial charge in [0, 0.05) is 18.7 Å². The molecule has 1 aromatic heterocycles. The first kappa shape index (κ1) is 20.5. The molecule has 0 aliphatic carbocycles. The zero-order chi connectivity index (χ0) is 19.8. The van der Waals surface area contributed by atoms with Gasteiger partial charge in [-0.2, -0.15) is 0 Å². The van der Waals surface area contributed by atoms with Crippen LogP contribution in [0.5, 0.6) is 0 Å². The molecule has 0 spiro atoms. The molecule has 1 aliphatic rings. The number of amides is 1. The van der Waals surface area contributed by atoms with Gasteiger partial charge in [-0.25, -0.2) is 0 Å². The van der Waals surface area contributed by atoms with Crippen LogP contribution in [0.1, 0.15) is 61.8 Å². The van der Waals surface area contributed by atoms with Crippen molar-refractivity contribution in [2.45, 2.75) is 64.5 Å². The summed E-state index contributed by atoms with van der Waals surface area (Å²) in [5, 5.41) is 3.46. The van der Waals surface area contributed by atoms with Crippen molar-refractivity contribution in [3.05, 3.63) is 65.5 Å². The van der Waals surface area contributed by atoms with Gasteiger partial charge in [-0.15, -0.1) is 0 Å². The highest BCUT2D eigenvalue weighted by atomic mass is 16.2. The molecule has 3 rings (SSSR count). The van der Waals surface area contributed by atoms with Gasteiger partial charge in [0.05, 0.1) is 12.2 Å². The van der Waals surface area contributed by atoms with Gasteiger partial charge in [-0.05, 0) is 69.3 Å². The lowest BCUT2D eigenvalue weighted by Crippen LogP contribution is -2.41. The highest BCUT2D eigenvalue weighted by Crippen LogP contribution is 2.27. The van der Waals surface area contributed by atoms with Crippen LogP contribution in [0.3, 0.4) is 0 Å². The largest absolute Gasteiger partial charge is 0.334 e. The molecule has 1 fully saturated rings. The summed E-state index contributed by atoms with van der Waals surface area (Å²) in [6, 6.07) is 14.9. The fraction of sp³-hybridized carbons (Fsp3) is 0.500. The van der Waals surface area contributed by atoms with Crippen LogP contribution >= 0.6 is 0 Å². The smallest absolute Gasteiger partial charge is 0.223 e. The van der Waals surface area contributed by atoms with Gasteiger partial charge in [0.1, 0.15) is 0 Å². The molecule has 2 atom stereocenters. The first-order valence-electron chi connectivity index (χ1n) is 10.6. The van der Waals surface area contributed by atoms with Crippen LogP contribution in [0, 0.1) is 6.92 Å². The van der Waals surface area contributed by atoms with Gasteiger partial charge < -0.3 is 10.2 Å². The normalized spacial score (nSPS) is 18.3. The van der Waals surface area contributed by atoms with Crippen LogP contribution in [-0.4, -0.2) is 34.9 Å². The van der Waals surface area contributed by atoms with E-state index < -0.39 is 0 Å². The number of benzene rings is 1. The molecular formula is C24H33N3O. The number of carbonyl (C=O) groups is 1. The van der Waals surface area contributed by atoms with Crippen molar-refractivity contribution < 1.29 is 4.79 Å². The van der Waals surface area contributed by atoms with E-state index in [1.165, 1.54) is 11.1 Å². The summed E-state index contributed by atoms with van der Waals surface area (Å²) >= 11 is 0. The van der Waals surface area contributed by atoms with Crippen molar-refractivity contribution in [1.82, 2.24) is 15.2 Å². The number of nitrogens with zero attached hydrogens (tertiary/aromatic N) is 2. The van der Waals surface area contributed by atoms with Crippen LogP contribution in [0.15, 0.2) is 48.7 Å². The van der Waals surface area contributed by atoms with E-state index in [1.807, 2.05) is 24.4 Å². The van der Waals surface area contributed by atoms with Gasteiger partial charge in [0.25, 0.3) is 0 Å². The quantitative estimate of drug-likeness (QED) is 0.773. The van der Waals surface area contributed by atoms with E-state index in [0.29, 0.717) is 19.0 Å². The van der Waals surface area contributed by atoms with Crippen molar-refractivity contribution in [3.8, 4) is 0 Å². The van der Waals surface area contributed by atoms with Gasteiger partial charge in [-0.3, -0.25) is 9.78 Å². The Morgan fingerprint density at radius 3 is 2.71 bits per heavy atom. The third kappa shape index (κ3) is 5.65. The Hall–Kier alpha value is -2.20. The maximum absolute atomic E-state index is 13.4. The van der Waals surface area contributed by atoms with Crippen LogP contribution in [0.25, 0.3) is 0 Å². The number of hydrogen-bond donors (Lipinski definition) is 1. The zero-order valence-corrected chi connectivity index (χ0v) is 17.2. The number of aryl methyl sites for hydroxylation is 1. The van der Waals surface area contributed by atoms with E-state index in [-0.39, 0.29) is 11.8 Å². The van der Waals surface area contributed by atoms with Crippen molar-refractivity contribution in [2.24, 2.45) is 0 Å². The van der Waals surface area contributed by atoms with Crippen LogP contribution in [0.2, 0.25) is 0 Å². The van der Waals surface area contributed by atoms with E-state index in [4.69, 9.17) is 0 Å². The first-order chi connectivity index (χ1) is 13.7. The standard InChI is InChI=1S/C24H33N3O/c1-3-20(21-11-9-19(2)10-12-21)17-24(28)27(18-22-7-4-5-15-26-22)23-8-6-14-25-16-13-23/h4-5,7,9-12,15,20,23,25H,3,6,8,13-14,16-18H2,1-2H3. The van der Waals surface area contributed by atoms with E-state index in [1.54, 1.807) is 0 Å². The molecule has 0 bridgehead atoms. The van der Waals surface area contributed by atoms with E-state index in [2.05, 4.69) is 53.3 Å². The molecule has 0 saturated carbocycles. The summed E-state index contributed by atoms with van der Waals surface area (Å²) in [4.78, 5) is 20.0. The molecule has 1 aromatic carbocycles. The van der Waals surface area contributed by atoms with Crippen molar-refractivity contribution in [3.63, 3.8) is 0 Å². The minimum atomic E-state index is 0.255. The van der Waals surface area contributed by atoms with Crippen molar-refractivity contribution in [2.75, 3.05) is 13.1 Å². The number of hydrogen-bond acceptors (Lipinski definition) is 3. The Balaban J connectivity index is 1.77. The van der Waals surface area contributed by atoms with Crippen molar-refractivity contribution >= 4 is 5.91 Å². The average Bonchev–Trinajstić information content (AvgIpc) is 3.01. The summed E-state index contributed by atoms with van der Waals surface area (Å²) in [5.74, 6) is 0.521. The topological polar surface area (TPSA) is 45.2 Å². The highest BCUT2D eigenvalue weighted by Gasteiger charge is 2.27. The molecule has 2 heterocycles. The lowest BCUT2D eigenvalue weighted by molar-refractivity contribution is -0.135. The number of carbonyl (C=O) groups excluding carboxylic acids is 1. The summed E-state index contributed by atoms with van der Waals surface area (Å²) < 4.78 is 0. The second kappa shape index (κ2) is 10.4. The van der Waals surface area contributed by atoms with Crippen LogP contribution < -0.4 is 5.32 Å². The lowest BCUT2D eigenvalue weighted by Gasteiger charge is -2.32. The van der Waals surface area contributed by atoms with Gasteiger partial charge >= 0.3 is 0 Å². The summed E-state index contributed by atoms with van der Waals surface area (Å²) in [5.41, 5.74) is 3.49. The predicted octanol–water partition coefficient (Wildman–Crippen LogP) is 4.44. The Morgan fingerprint density at radius 1 is 1.18 bits per heavy atom. The van der Waals surface area contributed by atoms with E-state index in [0.717, 1.165) is 44.5 Å². The third-order valence-corrected chi connectivity index (χ3v) is 5.83. The van der Waals surface area contributed by atoms with E-state index >= 15 is 0 Å². The molecule has 1 aliphatic heterocycles. The minimum absolute atomic E-state index is 0.255. The third-order valence-electron chi connectivity index (χ3n) is 5.83. The lowest BCUT2D eigenvalue weighted by atomic mass is 9.91. The fourth-order valence-corrected chi connectivity index (χ4v) is 4.06. The second-order valence-corrected chi connectivity index (χ2v) is 7.90. The predicted molar refractivity (Wildman–Crippen MR) is 114 cm³/mol.